The van der Waals surface area contributed by atoms with Crippen molar-refractivity contribution in [1.82, 2.24) is 10.4 Å². The zero-order chi connectivity index (χ0) is 9.80. The number of carbonyl (C=O) groups is 1. The summed E-state index contributed by atoms with van der Waals surface area (Å²) >= 11 is 0. The van der Waals surface area contributed by atoms with Crippen LogP contribution in [0.4, 0.5) is 0 Å². The van der Waals surface area contributed by atoms with Crippen molar-refractivity contribution < 1.29 is 19.0 Å². The quantitative estimate of drug-likeness (QED) is 0.632. The van der Waals surface area contributed by atoms with Gasteiger partial charge in [-0.25, -0.2) is 5.01 Å². The summed E-state index contributed by atoms with van der Waals surface area (Å²) in [6, 6.07) is 0. The number of hydrogen-bond donors (Lipinski definition) is 1. The Balaban J connectivity index is 1.81. The van der Waals surface area contributed by atoms with Gasteiger partial charge in [-0.15, -0.1) is 0 Å². The molecule has 1 fully saturated rings. The molecule has 0 aromatic rings. The topological polar surface area (TPSA) is 60.0 Å². The zero-order valence-electron chi connectivity index (χ0n) is 7.69. The second-order valence-corrected chi connectivity index (χ2v) is 2.95. The molecule has 2 heterocycles. The van der Waals surface area contributed by atoms with Crippen LogP contribution < -0.4 is 5.43 Å². The van der Waals surface area contributed by atoms with E-state index < -0.39 is 0 Å². The van der Waals surface area contributed by atoms with E-state index in [0.717, 1.165) is 0 Å². The van der Waals surface area contributed by atoms with Crippen molar-refractivity contribution in [3.8, 4) is 0 Å². The van der Waals surface area contributed by atoms with E-state index in [-0.39, 0.29) is 18.5 Å². The molecule has 2 aliphatic heterocycles. The molecule has 78 valence electrons. The molecule has 0 bridgehead atoms. The lowest BCUT2D eigenvalue weighted by Gasteiger charge is -2.26. The number of rotatable bonds is 2. The summed E-state index contributed by atoms with van der Waals surface area (Å²) in [5.41, 5.74) is 2.70. The summed E-state index contributed by atoms with van der Waals surface area (Å²) in [6.45, 7) is 2.78. The molecular formula is C8H12N2O4. The van der Waals surface area contributed by atoms with Gasteiger partial charge in [0.1, 0.15) is 6.26 Å². The standard InChI is InChI=1S/C8H12N2O4/c11-8(7-5-13-6-14-7)9-10-1-3-12-4-2-10/h5H,1-4,6H2,(H,9,11). The van der Waals surface area contributed by atoms with E-state index in [1.54, 1.807) is 5.01 Å². The van der Waals surface area contributed by atoms with Crippen molar-refractivity contribution in [3.63, 3.8) is 0 Å². The van der Waals surface area contributed by atoms with Crippen molar-refractivity contribution in [2.45, 2.75) is 0 Å². The zero-order valence-corrected chi connectivity index (χ0v) is 7.69. The van der Waals surface area contributed by atoms with E-state index in [4.69, 9.17) is 14.2 Å². The molecule has 1 N–H and O–H groups in total. The largest absolute Gasteiger partial charge is 0.461 e. The van der Waals surface area contributed by atoms with Crippen LogP contribution in [0, 0.1) is 0 Å². The Labute approximate surface area is 81.4 Å². The molecule has 6 heteroatoms. The average Bonchev–Trinajstić information content (AvgIpc) is 2.72. The minimum atomic E-state index is -0.274. The van der Waals surface area contributed by atoms with Gasteiger partial charge in [0.25, 0.3) is 0 Å². The second-order valence-electron chi connectivity index (χ2n) is 2.95. The van der Waals surface area contributed by atoms with E-state index in [0.29, 0.717) is 26.3 Å². The van der Waals surface area contributed by atoms with Gasteiger partial charge >= 0.3 is 5.91 Å². The Morgan fingerprint density at radius 3 is 2.86 bits per heavy atom. The third kappa shape index (κ3) is 2.15. The van der Waals surface area contributed by atoms with E-state index in [1.807, 2.05) is 0 Å². The minimum absolute atomic E-state index is 0.117. The molecule has 2 aliphatic rings. The minimum Gasteiger partial charge on any atom is -0.461 e. The van der Waals surface area contributed by atoms with E-state index >= 15 is 0 Å². The second kappa shape index (κ2) is 4.30. The number of carbonyl (C=O) groups excluding carboxylic acids is 1. The number of hydrogen-bond acceptors (Lipinski definition) is 5. The summed E-state index contributed by atoms with van der Waals surface area (Å²) in [5.74, 6) is -0.0547. The van der Waals surface area contributed by atoms with Crippen molar-refractivity contribution in [2.24, 2.45) is 0 Å². The number of hydrazine groups is 1. The highest BCUT2D eigenvalue weighted by Crippen LogP contribution is 2.06. The number of morpholine rings is 1. The van der Waals surface area contributed by atoms with Gasteiger partial charge in [-0.1, -0.05) is 0 Å². The van der Waals surface area contributed by atoms with Gasteiger partial charge in [-0.2, -0.15) is 0 Å². The van der Waals surface area contributed by atoms with Crippen molar-refractivity contribution >= 4 is 5.91 Å². The fourth-order valence-corrected chi connectivity index (χ4v) is 1.23. The highest BCUT2D eigenvalue weighted by molar-refractivity contribution is 5.90. The lowest BCUT2D eigenvalue weighted by atomic mass is 10.5. The number of nitrogens with zero attached hydrogens (tertiary/aromatic N) is 1. The predicted molar refractivity (Wildman–Crippen MR) is 45.7 cm³/mol. The SMILES string of the molecule is O=C(NN1CCOCC1)C1=COCO1. The van der Waals surface area contributed by atoms with Crippen molar-refractivity contribution in [1.29, 1.82) is 0 Å². The lowest BCUT2D eigenvalue weighted by molar-refractivity contribution is -0.127. The number of nitrogens with one attached hydrogen (secondary N) is 1. The maximum atomic E-state index is 11.4. The lowest BCUT2D eigenvalue weighted by Crippen LogP contribution is -2.48. The highest BCUT2D eigenvalue weighted by Gasteiger charge is 2.19. The first-order chi connectivity index (χ1) is 6.86. The number of amides is 1. The molecule has 0 aromatic heterocycles. The van der Waals surface area contributed by atoms with Gasteiger partial charge in [0.05, 0.1) is 13.2 Å². The molecule has 14 heavy (non-hydrogen) atoms. The van der Waals surface area contributed by atoms with Crippen LogP contribution >= 0.6 is 0 Å². The monoisotopic (exact) mass is 200 g/mol. The van der Waals surface area contributed by atoms with Gasteiger partial charge in [0.2, 0.25) is 12.6 Å². The van der Waals surface area contributed by atoms with Crippen LogP contribution in [0.5, 0.6) is 0 Å². The molecular weight excluding hydrogens is 188 g/mol. The molecule has 1 saturated heterocycles. The van der Waals surface area contributed by atoms with E-state index in [2.05, 4.69) is 5.43 Å². The fourth-order valence-electron chi connectivity index (χ4n) is 1.23. The fraction of sp³-hybridized carbons (Fsp3) is 0.625. The van der Waals surface area contributed by atoms with Crippen LogP contribution in [0.3, 0.4) is 0 Å². The Kier molecular flexibility index (Phi) is 2.85. The Morgan fingerprint density at radius 2 is 2.21 bits per heavy atom. The van der Waals surface area contributed by atoms with Gasteiger partial charge in [0.15, 0.2) is 0 Å². The normalized spacial score (nSPS) is 22.1. The molecule has 6 nitrogen and oxygen atoms in total. The maximum Gasteiger partial charge on any atom is 0.304 e. The van der Waals surface area contributed by atoms with Crippen LogP contribution in [-0.2, 0) is 19.0 Å². The van der Waals surface area contributed by atoms with Gasteiger partial charge in [0, 0.05) is 13.1 Å². The molecule has 0 radical (unpaired) electrons. The molecule has 1 amide bonds. The molecule has 0 saturated carbocycles. The molecule has 2 rings (SSSR count). The summed E-state index contributed by atoms with van der Waals surface area (Å²) in [4.78, 5) is 11.4. The third-order valence-electron chi connectivity index (χ3n) is 1.97. The van der Waals surface area contributed by atoms with Crippen LogP contribution in [0.25, 0.3) is 0 Å². The molecule has 0 unspecified atom stereocenters. The van der Waals surface area contributed by atoms with E-state index in [1.165, 1.54) is 6.26 Å². The van der Waals surface area contributed by atoms with E-state index in [9.17, 15) is 4.79 Å². The van der Waals surface area contributed by atoms with Gasteiger partial charge < -0.3 is 14.2 Å². The summed E-state index contributed by atoms with van der Waals surface area (Å²) < 4.78 is 14.8. The van der Waals surface area contributed by atoms with Gasteiger partial charge in [-0.3, -0.25) is 10.2 Å². The third-order valence-corrected chi connectivity index (χ3v) is 1.97. The van der Waals surface area contributed by atoms with Crippen LogP contribution in [-0.4, -0.2) is 44.0 Å². The smallest absolute Gasteiger partial charge is 0.304 e. The molecule has 0 aromatic carbocycles. The Bertz CT molecular complexity index is 248. The Morgan fingerprint density at radius 1 is 1.43 bits per heavy atom. The molecule has 0 spiro atoms. The first kappa shape index (κ1) is 9.29. The summed E-state index contributed by atoms with van der Waals surface area (Å²) in [7, 11) is 0. The van der Waals surface area contributed by atoms with Crippen LogP contribution in [0.2, 0.25) is 0 Å². The molecule has 0 atom stereocenters. The average molecular weight is 200 g/mol. The first-order valence-corrected chi connectivity index (χ1v) is 4.44. The number of ether oxygens (including phenoxy) is 3. The highest BCUT2D eigenvalue weighted by atomic mass is 16.7. The van der Waals surface area contributed by atoms with Crippen molar-refractivity contribution in [2.75, 3.05) is 33.1 Å². The van der Waals surface area contributed by atoms with Crippen LogP contribution in [0.1, 0.15) is 0 Å². The van der Waals surface area contributed by atoms with Crippen LogP contribution in [0.15, 0.2) is 12.0 Å². The molecule has 0 aliphatic carbocycles. The van der Waals surface area contributed by atoms with Crippen molar-refractivity contribution in [3.05, 3.63) is 12.0 Å². The first-order valence-electron chi connectivity index (χ1n) is 4.44. The Hall–Kier alpha value is -1.27. The van der Waals surface area contributed by atoms with Gasteiger partial charge in [-0.05, 0) is 0 Å². The maximum absolute atomic E-state index is 11.4. The summed E-state index contributed by atoms with van der Waals surface area (Å²) in [6.07, 6.45) is 1.32. The predicted octanol–water partition coefficient (Wildman–Crippen LogP) is -0.805. The summed E-state index contributed by atoms with van der Waals surface area (Å²) in [5, 5.41) is 1.80.